The van der Waals surface area contributed by atoms with Crippen LogP contribution in [-0.4, -0.2) is 83.9 Å². The van der Waals surface area contributed by atoms with Gasteiger partial charge in [-0.2, -0.15) is 0 Å². The topological polar surface area (TPSA) is 127 Å². The molecule has 1 saturated heterocycles. The average molecular weight is 570 g/mol. The summed E-state index contributed by atoms with van der Waals surface area (Å²) < 4.78 is 16.9. The highest BCUT2D eigenvalue weighted by Gasteiger charge is 2.41. The molecule has 2 aliphatic rings. The normalized spacial score (nSPS) is 19.1. The van der Waals surface area contributed by atoms with Crippen molar-refractivity contribution in [1.29, 1.82) is 0 Å². The molecule has 0 spiro atoms. The molecule has 0 aliphatic carbocycles. The van der Waals surface area contributed by atoms with Gasteiger partial charge in [-0.05, 0) is 48.9 Å². The number of amides is 3. The second-order valence-electron chi connectivity index (χ2n) is 10.4. The first-order valence-electron chi connectivity index (χ1n) is 13.8. The van der Waals surface area contributed by atoms with E-state index >= 15 is 0 Å². The lowest BCUT2D eigenvalue weighted by atomic mass is 9.88. The van der Waals surface area contributed by atoms with E-state index in [1.54, 1.807) is 36.1 Å². The van der Waals surface area contributed by atoms with E-state index in [1.165, 1.54) is 6.39 Å². The Morgan fingerprint density at radius 2 is 1.86 bits per heavy atom. The first kappa shape index (κ1) is 27.3. The van der Waals surface area contributed by atoms with Crippen molar-refractivity contribution in [2.45, 2.75) is 12.8 Å². The van der Waals surface area contributed by atoms with Gasteiger partial charge in [0.25, 0.3) is 11.8 Å². The van der Waals surface area contributed by atoms with Crippen molar-refractivity contribution in [1.82, 2.24) is 25.1 Å². The van der Waals surface area contributed by atoms with Crippen LogP contribution in [0.4, 0.5) is 0 Å². The summed E-state index contributed by atoms with van der Waals surface area (Å²) in [4.78, 5) is 52.2. The van der Waals surface area contributed by atoms with Crippen LogP contribution >= 0.6 is 0 Å². The number of nitrogens with one attached hydrogen (secondary N) is 1. The summed E-state index contributed by atoms with van der Waals surface area (Å²) in [5, 5.41) is 3.88. The fourth-order valence-electron chi connectivity index (χ4n) is 5.69. The third kappa shape index (κ3) is 5.25. The van der Waals surface area contributed by atoms with Gasteiger partial charge in [0, 0.05) is 49.2 Å². The Morgan fingerprint density at radius 1 is 1.00 bits per heavy atom. The Hall–Kier alpha value is -4.93. The number of likely N-dealkylation sites (tertiary alicyclic amines) is 1. The number of fused-ring (bicyclic) bond motifs is 5. The van der Waals surface area contributed by atoms with Crippen molar-refractivity contribution >= 4 is 28.6 Å². The molecule has 4 heterocycles. The molecule has 4 aromatic rings. The van der Waals surface area contributed by atoms with E-state index in [0.29, 0.717) is 29.4 Å². The lowest BCUT2D eigenvalue weighted by molar-refractivity contribution is -0.125. The predicted octanol–water partition coefficient (Wildman–Crippen LogP) is 3.05. The number of hydrogen-bond donors (Lipinski definition) is 1. The predicted molar refractivity (Wildman–Crippen MR) is 153 cm³/mol. The standard InChI is InChI=1S/C31H31N5O6/c1-19-28(34-18-42-19)31(39)35-11-10-33-29(37)24-17-36(30(38)22-5-7-25-21(14-22)4-3-9-32-25)16-23(24)20-6-8-26(40-2)27(15-20)41-13-12-35/h3-9,14-15,18,23-24H,10-13,16-17H2,1-2H3,(H,33,37)/t23-,24+/m1/s1. The number of carbonyl (C=O) groups excluding carboxylic acids is 3. The van der Waals surface area contributed by atoms with Crippen molar-refractivity contribution in [3.8, 4) is 11.5 Å². The van der Waals surface area contributed by atoms with E-state index in [9.17, 15) is 14.4 Å². The Morgan fingerprint density at radius 3 is 2.67 bits per heavy atom. The zero-order chi connectivity index (χ0) is 29.2. The molecule has 0 unspecified atom stereocenters. The summed E-state index contributed by atoms with van der Waals surface area (Å²) in [6, 6.07) is 14.8. The minimum atomic E-state index is -0.500. The van der Waals surface area contributed by atoms with Crippen molar-refractivity contribution in [3.05, 3.63) is 83.7 Å². The highest BCUT2D eigenvalue weighted by Crippen LogP contribution is 2.38. The van der Waals surface area contributed by atoms with E-state index < -0.39 is 5.92 Å². The maximum absolute atomic E-state index is 13.7. The summed E-state index contributed by atoms with van der Waals surface area (Å²) in [7, 11) is 1.56. The third-order valence-electron chi connectivity index (χ3n) is 7.94. The first-order chi connectivity index (χ1) is 20.4. The maximum Gasteiger partial charge on any atom is 0.276 e. The lowest BCUT2D eigenvalue weighted by Gasteiger charge is -2.23. The summed E-state index contributed by atoms with van der Waals surface area (Å²) >= 11 is 0. The van der Waals surface area contributed by atoms with Crippen LogP contribution in [0.1, 0.15) is 38.1 Å². The number of nitrogens with zero attached hydrogens (tertiary/aromatic N) is 4. The molecule has 0 saturated carbocycles. The molecule has 216 valence electrons. The van der Waals surface area contributed by atoms with E-state index in [2.05, 4.69) is 15.3 Å². The molecule has 2 atom stereocenters. The molecular formula is C31H31N5O6. The molecule has 2 aliphatic heterocycles. The highest BCUT2D eigenvalue weighted by molar-refractivity contribution is 5.98. The summed E-state index contributed by atoms with van der Waals surface area (Å²) in [5.74, 6) is 0.0631. The van der Waals surface area contributed by atoms with Crippen molar-refractivity contribution < 1.29 is 28.3 Å². The number of aryl methyl sites for hydroxylation is 1. The zero-order valence-corrected chi connectivity index (χ0v) is 23.4. The smallest absolute Gasteiger partial charge is 0.276 e. The van der Waals surface area contributed by atoms with Gasteiger partial charge in [0.1, 0.15) is 12.4 Å². The van der Waals surface area contributed by atoms with Gasteiger partial charge >= 0.3 is 0 Å². The highest BCUT2D eigenvalue weighted by atomic mass is 16.5. The molecule has 3 amide bonds. The second kappa shape index (κ2) is 11.5. The summed E-state index contributed by atoms with van der Waals surface area (Å²) in [5.41, 5.74) is 2.44. The van der Waals surface area contributed by atoms with Crippen LogP contribution in [0.3, 0.4) is 0 Å². The van der Waals surface area contributed by atoms with Crippen LogP contribution in [0.25, 0.3) is 10.9 Å². The van der Waals surface area contributed by atoms with Crippen LogP contribution in [0, 0.1) is 12.8 Å². The molecule has 2 aromatic heterocycles. The fourth-order valence-corrected chi connectivity index (χ4v) is 5.69. The molecule has 0 radical (unpaired) electrons. The maximum atomic E-state index is 13.7. The molecule has 6 rings (SSSR count). The van der Waals surface area contributed by atoms with Crippen molar-refractivity contribution in [2.75, 3.05) is 46.4 Å². The summed E-state index contributed by atoms with van der Waals surface area (Å²) in [6.07, 6.45) is 2.95. The van der Waals surface area contributed by atoms with Gasteiger partial charge in [0.15, 0.2) is 23.6 Å². The molecule has 1 N–H and O–H groups in total. The number of aromatic nitrogens is 2. The second-order valence-corrected chi connectivity index (χ2v) is 10.4. The van der Waals surface area contributed by atoms with Crippen LogP contribution < -0.4 is 14.8 Å². The number of pyridine rings is 1. The van der Waals surface area contributed by atoms with Gasteiger partial charge < -0.3 is 29.0 Å². The van der Waals surface area contributed by atoms with Gasteiger partial charge in [0.05, 0.1) is 25.1 Å². The number of methoxy groups -OCH3 is 1. The van der Waals surface area contributed by atoms with Gasteiger partial charge in [-0.25, -0.2) is 4.98 Å². The zero-order valence-electron chi connectivity index (χ0n) is 23.4. The van der Waals surface area contributed by atoms with Gasteiger partial charge in [0.2, 0.25) is 5.91 Å². The number of carbonyl (C=O) groups is 3. The fraction of sp³-hybridized carbons (Fsp3) is 0.323. The molecule has 2 aromatic carbocycles. The van der Waals surface area contributed by atoms with Crippen LogP contribution in [0.2, 0.25) is 0 Å². The van der Waals surface area contributed by atoms with E-state index in [0.717, 1.165) is 16.5 Å². The lowest BCUT2D eigenvalue weighted by Crippen LogP contribution is -2.43. The van der Waals surface area contributed by atoms with E-state index in [-0.39, 0.29) is 62.1 Å². The number of oxazole rings is 1. The van der Waals surface area contributed by atoms with Gasteiger partial charge in [-0.15, -0.1) is 0 Å². The number of ether oxygens (including phenoxy) is 2. The SMILES string of the molecule is COc1ccc2cc1OCCN(C(=O)c1ncoc1C)CCNC(=O)[C@H]1CN(C(=O)c3ccc4ncccc4c3)C[C@H]21. The molecule has 11 nitrogen and oxygen atoms in total. The van der Waals surface area contributed by atoms with E-state index in [1.807, 2.05) is 42.5 Å². The number of benzene rings is 2. The van der Waals surface area contributed by atoms with Gasteiger partial charge in [-0.3, -0.25) is 19.4 Å². The van der Waals surface area contributed by atoms with E-state index in [4.69, 9.17) is 13.9 Å². The average Bonchev–Trinajstić information content (AvgIpc) is 3.65. The molecular weight excluding hydrogens is 538 g/mol. The van der Waals surface area contributed by atoms with Crippen molar-refractivity contribution in [3.63, 3.8) is 0 Å². The largest absolute Gasteiger partial charge is 0.493 e. The summed E-state index contributed by atoms with van der Waals surface area (Å²) in [6.45, 7) is 3.25. The monoisotopic (exact) mass is 569 g/mol. The van der Waals surface area contributed by atoms with Crippen LogP contribution in [0.15, 0.2) is 65.5 Å². The molecule has 2 bridgehead atoms. The Labute approximate surface area is 242 Å². The van der Waals surface area contributed by atoms with Crippen molar-refractivity contribution in [2.24, 2.45) is 5.92 Å². The minimum absolute atomic E-state index is 0.146. The Bertz CT molecular complexity index is 1650. The minimum Gasteiger partial charge on any atom is -0.493 e. The quantitative estimate of drug-likeness (QED) is 0.399. The number of rotatable bonds is 3. The molecule has 11 heteroatoms. The molecule has 1 fully saturated rings. The van der Waals surface area contributed by atoms with Crippen LogP contribution in [-0.2, 0) is 4.79 Å². The Balaban J connectivity index is 1.28. The molecule has 42 heavy (non-hydrogen) atoms. The van der Waals surface area contributed by atoms with Gasteiger partial charge in [-0.1, -0.05) is 12.1 Å². The number of hydrogen-bond acceptors (Lipinski definition) is 8. The third-order valence-corrected chi connectivity index (χ3v) is 7.94. The first-order valence-corrected chi connectivity index (χ1v) is 13.8. The Kier molecular flexibility index (Phi) is 7.47. The van der Waals surface area contributed by atoms with Crippen LogP contribution in [0.5, 0.6) is 11.5 Å².